The molecule has 29 heavy (non-hydrogen) atoms. The van der Waals surface area contributed by atoms with Crippen molar-refractivity contribution in [3.05, 3.63) is 17.0 Å². The number of carbonyl (C=O) groups is 5. The molecular weight excluding hydrogens is 402 g/mol. The summed E-state index contributed by atoms with van der Waals surface area (Å²) in [6.07, 6.45) is -0.372. The first-order chi connectivity index (χ1) is 13.6. The lowest BCUT2D eigenvalue weighted by atomic mass is 10.1. The smallest absolute Gasteiger partial charge is 0.317 e. The molecule has 0 aliphatic heterocycles. The van der Waals surface area contributed by atoms with E-state index in [0.717, 1.165) is 11.3 Å². The third-order valence-electron chi connectivity index (χ3n) is 3.50. The fourth-order valence-corrected chi connectivity index (χ4v) is 2.90. The van der Waals surface area contributed by atoms with E-state index in [-0.39, 0.29) is 24.3 Å². The average Bonchev–Trinajstić information content (AvgIpc) is 3.08. The van der Waals surface area contributed by atoms with E-state index < -0.39 is 42.3 Å². The number of carboxylic acid groups (broad SMARTS) is 1. The van der Waals surface area contributed by atoms with Gasteiger partial charge in [-0.15, -0.1) is 11.3 Å². The summed E-state index contributed by atoms with van der Waals surface area (Å²) >= 11 is 1.09. The quantitative estimate of drug-likeness (QED) is 0.291. The van der Waals surface area contributed by atoms with Crippen molar-refractivity contribution in [2.75, 3.05) is 18.4 Å². The van der Waals surface area contributed by atoms with Gasteiger partial charge in [-0.1, -0.05) is 13.8 Å². The highest BCUT2D eigenvalue weighted by Crippen LogP contribution is 2.19. The van der Waals surface area contributed by atoms with Crippen LogP contribution in [0.15, 0.2) is 11.4 Å². The number of rotatable bonds is 11. The van der Waals surface area contributed by atoms with Crippen molar-refractivity contribution in [3.63, 3.8) is 0 Å². The van der Waals surface area contributed by atoms with Crippen molar-refractivity contribution >= 4 is 46.1 Å². The van der Waals surface area contributed by atoms with E-state index >= 15 is 0 Å². The van der Waals surface area contributed by atoms with Crippen molar-refractivity contribution in [2.45, 2.75) is 32.7 Å². The van der Waals surface area contributed by atoms with E-state index in [1.54, 1.807) is 0 Å². The van der Waals surface area contributed by atoms with Gasteiger partial charge in [0.1, 0.15) is 6.04 Å². The van der Waals surface area contributed by atoms with Crippen LogP contribution >= 0.6 is 11.3 Å². The Labute approximate surface area is 171 Å². The minimum atomic E-state index is -1.09. The van der Waals surface area contributed by atoms with Crippen LogP contribution in [0.1, 0.15) is 37.0 Å². The lowest BCUT2D eigenvalue weighted by molar-refractivity contribution is -0.137. The largest absolute Gasteiger partial charge is 0.481 e. The molecule has 5 amide bonds. The summed E-state index contributed by atoms with van der Waals surface area (Å²) in [5.41, 5.74) is 5.22. The predicted octanol–water partition coefficient (Wildman–Crippen LogP) is 0.0903. The van der Waals surface area contributed by atoms with E-state index in [0.29, 0.717) is 11.5 Å². The number of amides is 5. The van der Waals surface area contributed by atoms with Crippen molar-refractivity contribution in [2.24, 2.45) is 11.7 Å². The maximum atomic E-state index is 12.2. The third-order valence-corrected chi connectivity index (χ3v) is 4.35. The molecule has 11 nitrogen and oxygen atoms in total. The van der Waals surface area contributed by atoms with E-state index in [1.807, 2.05) is 13.8 Å². The zero-order valence-corrected chi connectivity index (χ0v) is 16.9. The number of nitrogens with one attached hydrogen (secondary N) is 4. The summed E-state index contributed by atoms with van der Waals surface area (Å²) in [5, 5.41) is 20.5. The average molecular weight is 427 g/mol. The minimum absolute atomic E-state index is 0.0778. The standard InChI is InChI=1S/C17H25N5O6S/c1-9(2)6-19-16(27)11(3-4-14(24)25)21-12(23)7-20-15(26)10-5-13(29-8-10)22-17(18)28/h5,8-9,11H,3-4,6-7H2,1-2H3,(H,19,27)(H,20,26)(H,21,23)(H,24,25)(H3,18,22,28). The van der Waals surface area contributed by atoms with Crippen LogP contribution in [-0.2, 0) is 14.4 Å². The zero-order valence-electron chi connectivity index (χ0n) is 16.1. The molecule has 7 N–H and O–H groups in total. The lowest BCUT2D eigenvalue weighted by Crippen LogP contribution is -2.50. The van der Waals surface area contributed by atoms with Gasteiger partial charge >= 0.3 is 12.0 Å². The highest BCUT2D eigenvalue weighted by molar-refractivity contribution is 7.14. The highest BCUT2D eigenvalue weighted by Gasteiger charge is 2.22. The van der Waals surface area contributed by atoms with Crippen LogP contribution in [0.2, 0.25) is 0 Å². The Bertz CT molecular complexity index is 763. The summed E-state index contributed by atoms with van der Waals surface area (Å²) in [6.45, 7) is 3.77. The van der Waals surface area contributed by atoms with Gasteiger partial charge in [-0.25, -0.2) is 4.79 Å². The van der Waals surface area contributed by atoms with E-state index in [1.165, 1.54) is 11.4 Å². The molecule has 1 aromatic rings. The molecule has 0 bridgehead atoms. The molecule has 1 atom stereocenters. The molecule has 1 unspecified atom stereocenters. The molecule has 0 saturated heterocycles. The number of thiophene rings is 1. The molecular formula is C17H25N5O6S. The number of anilines is 1. The molecule has 0 fully saturated rings. The molecule has 1 rings (SSSR count). The fourth-order valence-electron chi connectivity index (χ4n) is 2.11. The summed E-state index contributed by atoms with van der Waals surface area (Å²) < 4.78 is 0. The maximum Gasteiger partial charge on any atom is 0.317 e. The summed E-state index contributed by atoms with van der Waals surface area (Å²) in [4.78, 5) is 58.0. The predicted molar refractivity (Wildman–Crippen MR) is 107 cm³/mol. The minimum Gasteiger partial charge on any atom is -0.481 e. The Balaban J connectivity index is 2.58. The summed E-state index contributed by atoms with van der Waals surface area (Å²) in [5.74, 6) is -2.58. The number of hydrogen-bond donors (Lipinski definition) is 6. The summed E-state index contributed by atoms with van der Waals surface area (Å²) in [7, 11) is 0. The van der Waals surface area contributed by atoms with Gasteiger partial charge in [0.05, 0.1) is 17.1 Å². The number of carboxylic acids is 1. The molecule has 12 heteroatoms. The van der Waals surface area contributed by atoms with Crippen LogP contribution < -0.4 is 27.0 Å². The number of aliphatic carboxylic acids is 1. The topological polar surface area (TPSA) is 180 Å². The molecule has 0 aliphatic rings. The summed E-state index contributed by atoms with van der Waals surface area (Å²) in [6, 6.07) is -0.388. The van der Waals surface area contributed by atoms with Gasteiger partial charge in [0.25, 0.3) is 5.91 Å². The number of nitrogens with two attached hydrogens (primary N) is 1. The van der Waals surface area contributed by atoms with Crippen LogP contribution in [0.25, 0.3) is 0 Å². The Morgan fingerprint density at radius 2 is 1.86 bits per heavy atom. The first-order valence-electron chi connectivity index (χ1n) is 8.80. The molecule has 1 aromatic heterocycles. The Morgan fingerprint density at radius 3 is 2.45 bits per heavy atom. The fraction of sp³-hybridized carbons (Fsp3) is 0.471. The molecule has 0 radical (unpaired) electrons. The Hall–Kier alpha value is -3.15. The van der Waals surface area contributed by atoms with Crippen molar-refractivity contribution in [1.82, 2.24) is 16.0 Å². The Morgan fingerprint density at radius 1 is 1.17 bits per heavy atom. The van der Waals surface area contributed by atoms with Crippen molar-refractivity contribution < 1.29 is 29.1 Å². The van der Waals surface area contributed by atoms with Gasteiger partial charge in [0, 0.05) is 18.3 Å². The molecule has 0 aliphatic carbocycles. The van der Waals surface area contributed by atoms with Crippen LogP contribution in [0.3, 0.4) is 0 Å². The van der Waals surface area contributed by atoms with E-state index in [9.17, 15) is 24.0 Å². The second kappa shape index (κ2) is 11.6. The normalized spacial score (nSPS) is 11.4. The number of primary amides is 1. The molecule has 0 spiro atoms. The SMILES string of the molecule is CC(C)CNC(=O)C(CCC(=O)O)NC(=O)CNC(=O)c1csc(NC(N)=O)c1. The Kier molecular flexibility index (Phi) is 9.59. The monoisotopic (exact) mass is 427 g/mol. The number of carbonyl (C=O) groups excluding carboxylic acids is 4. The van der Waals surface area contributed by atoms with Crippen molar-refractivity contribution in [3.8, 4) is 0 Å². The van der Waals surface area contributed by atoms with Gasteiger partial charge in [-0.05, 0) is 18.4 Å². The first-order valence-corrected chi connectivity index (χ1v) is 9.68. The highest BCUT2D eigenvalue weighted by atomic mass is 32.1. The first kappa shape index (κ1) is 23.9. The van der Waals surface area contributed by atoms with Crippen LogP contribution in [0.5, 0.6) is 0 Å². The van der Waals surface area contributed by atoms with Crippen LogP contribution in [-0.4, -0.2) is 54.0 Å². The van der Waals surface area contributed by atoms with E-state index in [2.05, 4.69) is 21.3 Å². The third kappa shape index (κ3) is 9.55. The van der Waals surface area contributed by atoms with E-state index in [4.69, 9.17) is 10.8 Å². The van der Waals surface area contributed by atoms with Gasteiger partial charge < -0.3 is 26.8 Å². The maximum absolute atomic E-state index is 12.2. The number of hydrogen-bond acceptors (Lipinski definition) is 6. The number of urea groups is 1. The van der Waals surface area contributed by atoms with Crippen molar-refractivity contribution in [1.29, 1.82) is 0 Å². The second-order valence-corrected chi connectivity index (χ2v) is 7.47. The zero-order chi connectivity index (χ0) is 22.0. The molecule has 1 heterocycles. The molecule has 160 valence electrons. The molecule has 0 saturated carbocycles. The lowest BCUT2D eigenvalue weighted by Gasteiger charge is -2.18. The molecule has 0 aromatic carbocycles. The van der Waals surface area contributed by atoms with Crippen LogP contribution in [0.4, 0.5) is 9.80 Å². The van der Waals surface area contributed by atoms with Gasteiger partial charge in [0.2, 0.25) is 11.8 Å². The van der Waals surface area contributed by atoms with Gasteiger partial charge in [-0.3, -0.25) is 24.5 Å². The van der Waals surface area contributed by atoms with Crippen LogP contribution in [0, 0.1) is 5.92 Å². The van der Waals surface area contributed by atoms with Gasteiger partial charge in [-0.2, -0.15) is 0 Å². The van der Waals surface area contributed by atoms with Gasteiger partial charge in [0.15, 0.2) is 0 Å². The second-order valence-electron chi connectivity index (χ2n) is 6.56.